The Hall–Kier alpha value is -0.810. The third-order valence-corrected chi connectivity index (χ3v) is 3.53. The molecule has 2 heterocycles. The van der Waals surface area contributed by atoms with E-state index in [1.165, 1.54) is 0 Å². The number of β-amino-alcohol motifs (C(OH)–C–C–N with tert-alkyl or cyclic N) is 1. The number of aliphatic hydroxyl groups is 1. The van der Waals surface area contributed by atoms with Gasteiger partial charge in [-0.1, -0.05) is 0 Å². The van der Waals surface area contributed by atoms with E-state index in [1.807, 2.05) is 20.8 Å². The van der Waals surface area contributed by atoms with Crippen molar-refractivity contribution in [1.29, 1.82) is 0 Å². The Morgan fingerprint density at radius 1 is 1.50 bits per heavy atom. The van der Waals surface area contributed by atoms with Crippen molar-refractivity contribution in [2.45, 2.75) is 57.3 Å². The molecule has 0 spiro atoms. The monoisotopic (exact) mass is 256 g/mol. The molecule has 2 fully saturated rings. The molecule has 0 aliphatic carbocycles. The second-order valence-electron chi connectivity index (χ2n) is 6.50. The lowest BCUT2D eigenvalue weighted by Crippen LogP contribution is -2.61. The van der Waals surface area contributed by atoms with E-state index in [2.05, 4.69) is 5.32 Å². The number of likely N-dealkylation sites (tertiary alicyclic amines) is 1. The smallest absolute Gasteiger partial charge is 0.410 e. The molecule has 0 aromatic rings. The van der Waals surface area contributed by atoms with Crippen molar-refractivity contribution in [3.63, 3.8) is 0 Å². The molecule has 1 atom stereocenters. The molecule has 2 aliphatic rings. The molecule has 1 unspecified atom stereocenters. The van der Waals surface area contributed by atoms with Crippen molar-refractivity contribution < 1.29 is 14.6 Å². The van der Waals surface area contributed by atoms with Gasteiger partial charge in [-0.3, -0.25) is 0 Å². The van der Waals surface area contributed by atoms with Gasteiger partial charge in [0.1, 0.15) is 5.60 Å². The van der Waals surface area contributed by atoms with Crippen LogP contribution in [-0.4, -0.2) is 53.0 Å². The fourth-order valence-corrected chi connectivity index (χ4v) is 2.61. The van der Waals surface area contributed by atoms with Gasteiger partial charge in [0.2, 0.25) is 0 Å². The number of nitrogens with zero attached hydrogens (tertiary/aromatic N) is 1. The van der Waals surface area contributed by atoms with Crippen LogP contribution in [0, 0.1) is 0 Å². The molecular weight excluding hydrogens is 232 g/mol. The molecule has 2 rings (SSSR count). The SMILES string of the molecule is CC(C)(C)OC(=O)N1CCCC1CC1(O)CNC1. The number of carbonyl (C=O) groups excluding carboxylic acids is 1. The molecule has 0 saturated carbocycles. The summed E-state index contributed by atoms with van der Waals surface area (Å²) in [7, 11) is 0. The number of amides is 1. The van der Waals surface area contributed by atoms with Crippen LogP contribution in [-0.2, 0) is 4.74 Å². The second-order valence-corrected chi connectivity index (χ2v) is 6.50. The first-order valence-corrected chi connectivity index (χ1v) is 6.72. The highest BCUT2D eigenvalue weighted by Gasteiger charge is 2.41. The van der Waals surface area contributed by atoms with Gasteiger partial charge in [0.25, 0.3) is 0 Å². The van der Waals surface area contributed by atoms with Crippen LogP contribution in [0.5, 0.6) is 0 Å². The van der Waals surface area contributed by atoms with Crippen LogP contribution >= 0.6 is 0 Å². The zero-order valence-corrected chi connectivity index (χ0v) is 11.5. The normalized spacial score (nSPS) is 26.9. The maximum absolute atomic E-state index is 12.1. The van der Waals surface area contributed by atoms with Gasteiger partial charge in [0.15, 0.2) is 0 Å². The number of rotatable bonds is 2. The average Bonchev–Trinajstić information content (AvgIpc) is 2.60. The fraction of sp³-hybridized carbons (Fsp3) is 0.923. The summed E-state index contributed by atoms with van der Waals surface area (Å²) in [6.07, 6.45) is 2.36. The molecule has 0 radical (unpaired) electrons. The highest BCUT2D eigenvalue weighted by molar-refractivity contribution is 5.69. The molecule has 2 saturated heterocycles. The zero-order valence-electron chi connectivity index (χ0n) is 11.5. The van der Waals surface area contributed by atoms with Gasteiger partial charge >= 0.3 is 6.09 Å². The molecule has 5 heteroatoms. The Balaban J connectivity index is 1.92. The molecule has 104 valence electrons. The molecule has 18 heavy (non-hydrogen) atoms. The standard InChI is InChI=1S/C13H24N2O3/c1-12(2,3)18-11(16)15-6-4-5-10(15)7-13(17)8-14-9-13/h10,14,17H,4-9H2,1-3H3. The molecule has 1 amide bonds. The lowest BCUT2D eigenvalue weighted by Gasteiger charge is -2.41. The molecule has 0 bridgehead atoms. The van der Waals surface area contributed by atoms with E-state index in [0.717, 1.165) is 19.4 Å². The van der Waals surface area contributed by atoms with Crippen LogP contribution < -0.4 is 5.32 Å². The molecular formula is C13H24N2O3. The van der Waals surface area contributed by atoms with Gasteiger partial charge in [0, 0.05) is 25.7 Å². The van der Waals surface area contributed by atoms with Crippen LogP contribution in [0.4, 0.5) is 4.79 Å². The van der Waals surface area contributed by atoms with Crippen LogP contribution in [0.25, 0.3) is 0 Å². The van der Waals surface area contributed by atoms with Crippen LogP contribution in [0.2, 0.25) is 0 Å². The predicted octanol–water partition coefficient (Wildman–Crippen LogP) is 1.11. The molecule has 2 N–H and O–H groups in total. The van der Waals surface area contributed by atoms with E-state index in [1.54, 1.807) is 4.90 Å². The minimum atomic E-state index is -0.630. The third-order valence-electron chi connectivity index (χ3n) is 3.53. The van der Waals surface area contributed by atoms with E-state index >= 15 is 0 Å². The van der Waals surface area contributed by atoms with Crippen LogP contribution in [0.15, 0.2) is 0 Å². The first-order chi connectivity index (χ1) is 8.29. The highest BCUT2D eigenvalue weighted by atomic mass is 16.6. The van der Waals surface area contributed by atoms with Crippen molar-refractivity contribution in [3.05, 3.63) is 0 Å². The van der Waals surface area contributed by atoms with Gasteiger partial charge in [-0.25, -0.2) is 4.79 Å². The van der Waals surface area contributed by atoms with Gasteiger partial charge < -0.3 is 20.1 Å². The van der Waals surface area contributed by atoms with E-state index in [0.29, 0.717) is 19.5 Å². The van der Waals surface area contributed by atoms with Gasteiger partial charge in [0.05, 0.1) is 5.60 Å². The van der Waals surface area contributed by atoms with Gasteiger partial charge in [-0.05, 0) is 40.0 Å². The third kappa shape index (κ3) is 3.14. The predicted molar refractivity (Wildman–Crippen MR) is 68.4 cm³/mol. The average molecular weight is 256 g/mol. The van der Waals surface area contributed by atoms with Crippen molar-refractivity contribution >= 4 is 6.09 Å². The molecule has 0 aromatic carbocycles. The summed E-state index contributed by atoms with van der Waals surface area (Å²) >= 11 is 0. The Bertz CT molecular complexity index is 321. The highest BCUT2D eigenvalue weighted by Crippen LogP contribution is 2.28. The first-order valence-electron chi connectivity index (χ1n) is 6.72. The Morgan fingerprint density at radius 3 is 2.67 bits per heavy atom. The van der Waals surface area contributed by atoms with E-state index < -0.39 is 11.2 Å². The number of ether oxygens (including phenoxy) is 1. The maximum atomic E-state index is 12.1. The zero-order chi connectivity index (χ0) is 13.4. The summed E-state index contributed by atoms with van der Waals surface area (Å²) in [5.74, 6) is 0. The first kappa shape index (κ1) is 13.6. The minimum absolute atomic E-state index is 0.118. The lowest BCUT2D eigenvalue weighted by atomic mass is 9.88. The Morgan fingerprint density at radius 2 is 2.17 bits per heavy atom. The number of carbonyl (C=O) groups is 1. The van der Waals surface area contributed by atoms with Crippen molar-refractivity contribution in [2.24, 2.45) is 0 Å². The molecule has 5 nitrogen and oxygen atoms in total. The van der Waals surface area contributed by atoms with Gasteiger partial charge in [-0.15, -0.1) is 0 Å². The minimum Gasteiger partial charge on any atom is -0.444 e. The summed E-state index contributed by atoms with van der Waals surface area (Å²) in [5, 5.41) is 13.2. The van der Waals surface area contributed by atoms with E-state index in [9.17, 15) is 9.90 Å². The van der Waals surface area contributed by atoms with E-state index in [-0.39, 0.29) is 12.1 Å². The summed E-state index contributed by atoms with van der Waals surface area (Å²) in [5.41, 5.74) is -1.09. The summed E-state index contributed by atoms with van der Waals surface area (Å²) < 4.78 is 5.41. The van der Waals surface area contributed by atoms with Crippen molar-refractivity contribution in [2.75, 3.05) is 19.6 Å². The quantitative estimate of drug-likeness (QED) is 0.777. The summed E-state index contributed by atoms with van der Waals surface area (Å²) in [6.45, 7) is 7.62. The van der Waals surface area contributed by atoms with Crippen molar-refractivity contribution in [1.82, 2.24) is 10.2 Å². The van der Waals surface area contributed by atoms with Gasteiger partial charge in [-0.2, -0.15) is 0 Å². The number of hydrogen-bond acceptors (Lipinski definition) is 4. The summed E-state index contributed by atoms with van der Waals surface area (Å²) in [4.78, 5) is 13.8. The van der Waals surface area contributed by atoms with E-state index in [4.69, 9.17) is 4.74 Å². The molecule has 0 aromatic heterocycles. The second kappa shape index (κ2) is 4.70. The molecule has 2 aliphatic heterocycles. The number of nitrogens with one attached hydrogen (secondary N) is 1. The Labute approximate surface area is 108 Å². The van der Waals surface area contributed by atoms with Crippen molar-refractivity contribution in [3.8, 4) is 0 Å². The maximum Gasteiger partial charge on any atom is 0.410 e. The lowest BCUT2D eigenvalue weighted by molar-refractivity contribution is -0.0377. The summed E-state index contributed by atoms with van der Waals surface area (Å²) in [6, 6.07) is 0.118. The topological polar surface area (TPSA) is 61.8 Å². The van der Waals surface area contributed by atoms with Crippen LogP contribution in [0.1, 0.15) is 40.0 Å². The Kier molecular flexibility index (Phi) is 3.56. The number of hydrogen-bond donors (Lipinski definition) is 2. The van der Waals surface area contributed by atoms with Crippen LogP contribution in [0.3, 0.4) is 0 Å². The fourth-order valence-electron chi connectivity index (χ4n) is 2.61. The largest absolute Gasteiger partial charge is 0.444 e.